The lowest BCUT2D eigenvalue weighted by Gasteiger charge is -2.10. The van der Waals surface area contributed by atoms with E-state index in [2.05, 4.69) is 4.72 Å². The number of benzene rings is 1. The number of rotatable bonds is 8. The Hall–Kier alpha value is -0.570. The van der Waals surface area contributed by atoms with E-state index in [1.54, 1.807) is 0 Å². The third-order valence-electron chi connectivity index (χ3n) is 2.28. The molecular weight excluding hydrogens is 327 g/mol. The molecule has 0 aliphatic heterocycles. The number of nitrogen functional groups attached to an aromatic ring is 1. The minimum atomic E-state index is -3.81. The van der Waals surface area contributed by atoms with Crippen molar-refractivity contribution >= 4 is 38.9 Å². The van der Waals surface area contributed by atoms with Crippen molar-refractivity contribution in [1.82, 2.24) is 4.72 Å². The van der Waals surface area contributed by atoms with Gasteiger partial charge in [0.2, 0.25) is 10.0 Å². The summed E-state index contributed by atoms with van der Waals surface area (Å²) in [6, 6.07) is 2.65. The molecule has 0 radical (unpaired) electrons. The van der Waals surface area contributed by atoms with Crippen molar-refractivity contribution in [2.75, 3.05) is 32.1 Å². The first-order valence-electron chi connectivity index (χ1n) is 5.81. The van der Waals surface area contributed by atoms with Gasteiger partial charge in [-0.2, -0.15) is 0 Å². The van der Waals surface area contributed by atoms with Crippen LogP contribution in [0.25, 0.3) is 0 Å². The lowest BCUT2D eigenvalue weighted by atomic mass is 10.3. The van der Waals surface area contributed by atoms with Crippen LogP contribution in [0, 0.1) is 0 Å². The number of halogens is 2. The Balaban J connectivity index is 2.66. The Kier molecular flexibility index (Phi) is 7.01. The summed E-state index contributed by atoms with van der Waals surface area (Å²) in [4.78, 5) is -0.189. The first-order valence-corrected chi connectivity index (χ1v) is 8.05. The van der Waals surface area contributed by atoms with Gasteiger partial charge in [-0.15, -0.1) is 0 Å². The van der Waals surface area contributed by atoms with Gasteiger partial charge in [0, 0.05) is 18.8 Å². The molecule has 0 unspecified atom stereocenters. The highest BCUT2D eigenvalue weighted by Crippen LogP contribution is 2.31. The molecule has 0 saturated heterocycles. The molecule has 0 aliphatic carbocycles. The minimum Gasteiger partial charge on any atom is -0.399 e. The van der Waals surface area contributed by atoms with Crippen molar-refractivity contribution in [2.45, 2.75) is 11.3 Å². The summed E-state index contributed by atoms with van der Waals surface area (Å²) < 4.78 is 31.5. The molecule has 0 aromatic heterocycles. The van der Waals surface area contributed by atoms with E-state index >= 15 is 0 Å². The fourth-order valence-electron chi connectivity index (χ4n) is 1.46. The molecule has 1 aromatic carbocycles. The zero-order chi connectivity index (χ0) is 15.2. The molecular formula is C11H16Cl2N2O4S. The van der Waals surface area contributed by atoms with Crippen LogP contribution in [-0.4, -0.2) is 39.9 Å². The predicted octanol–water partition coefficient (Wildman–Crippen LogP) is 1.25. The second-order valence-corrected chi connectivity index (χ2v) is 6.42. The van der Waals surface area contributed by atoms with E-state index in [-0.39, 0.29) is 40.4 Å². The molecule has 0 spiro atoms. The first kappa shape index (κ1) is 17.5. The van der Waals surface area contributed by atoms with E-state index in [0.717, 1.165) is 0 Å². The maximum Gasteiger partial charge on any atom is 0.243 e. The lowest BCUT2D eigenvalue weighted by molar-refractivity contribution is 0.0913. The molecule has 1 aromatic rings. The van der Waals surface area contributed by atoms with E-state index in [9.17, 15) is 8.42 Å². The number of hydrogen-bond acceptors (Lipinski definition) is 5. The Morgan fingerprint density at radius 3 is 2.40 bits per heavy atom. The number of nitrogens with two attached hydrogens (primary N) is 1. The summed E-state index contributed by atoms with van der Waals surface area (Å²) in [5.41, 5.74) is 5.81. The first-order chi connectivity index (χ1) is 9.38. The summed E-state index contributed by atoms with van der Waals surface area (Å²) in [7, 11) is -3.81. The Bertz CT molecular complexity index is 528. The van der Waals surface area contributed by atoms with Gasteiger partial charge in [0.25, 0.3) is 0 Å². The van der Waals surface area contributed by atoms with E-state index < -0.39 is 10.0 Å². The minimum absolute atomic E-state index is 0.0287. The van der Waals surface area contributed by atoms with Crippen LogP contribution >= 0.6 is 23.2 Å². The molecule has 6 nitrogen and oxygen atoms in total. The standard InChI is InChI=1S/C11H16Cl2N2O4S/c12-9-6-8(14)7-10(13)11(9)20(17,18)15-2-1-4-19-5-3-16/h6-7,15-16H,1-5,14H2. The quantitative estimate of drug-likeness (QED) is 0.487. The molecule has 0 saturated carbocycles. The van der Waals surface area contributed by atoms with Gasteiger partial charge in [0.1, 0.15) is 4.90 Å². The van der Waals surface area contributed by atoms with Crippen molar-refractivity contribution in [2.24, 2.45) is 0 Å². The van der Waals surface area contributed by atoms with Crippen LogP contribution in [0.1, 0.15) is 6.42 Å². The summed E-state index contributed by atoms with van der Waals surface area (Å²) in [6.07, 6.45) is 0.462. The zero-order valence-corrected chi connectivity index (χ0v) is 12.9. The van der Waals surface area contributed by atoms with Crippen LogP contribution < -0.4 is 10.5 Å². The van der Waals surface area contributed by atoms with Gasteiger partial charge in [-0.1, -0.05) is 23.2 Å². The third-order valence-corrected chi connectivity index (χ3v) is 4.66. The average Bonchev–Trinajstić information content (AvgIpc) is 2.31. The third kappa shape index (κ3) is 5.08. The van der Waals surface area contributed by atoms with E-state index in [0.29, 0.717) is 13.0 Å². The van der Waals surface area contributed by atoms with Gasteiger partial charge in [-0.25, -0.2) is 13.1 Å². The summed E-state index contributed by atoms with van der Waals surface area (Å²) in [5.74, 6) is 0. The normalized spacial score (nSPS) is 11.8. The van der Waals surface area contributed by atoms with E-state index in [1.807, 2.05) is 0 Å². The number of nitrogens with one attached hydrogen (secondary N) is 1. The smallest absolute Gasteiger partial charge is 0.243 e. The maximum absolute atomic E-state index is 12.1. The molecule has 0 aliphatic rings. The van der Waals surface area contributed by atoms with Crippen LogP contribution in [0.4, 0.5) is 5.69 Å². The Morgan fingerprint density at radius 2 is 1.85 bits per heavy atom. The summed E-state index contributed by atoms with van der Waals surface area (Å²) >= 11 is 11.7. The van der Waals surface area contributed by atoms with Crippen LogP contribution in [0.2, 0.25) is 10.0 Å². The lowest BCUT2D eigenvalue weighted by Crippen LogP contribution is -2.26. The SMILES string of the molecule is Nc1cc(Cl)c(S(=O)(=O)NCCCOCCO)c(Cl)c1. The molecule has 0 fully saturated rings. The van der Waals surface area contributed by atoms with Crippen molar-refractivity contribution in [3.63, 3.8) is 0 Å². The summed E-state index contributed by atoms with van der Waals surface area (Å²) in [6.45, 7) is 0.668. The monoisotopic (exact) mass is 342 g/mol. The Morgan fingerprint density at radius 1 is 1.25 bits per heavy atom. The molecule has 1 rings (SSSR count). The fraction of sp³-hybridized carbons (Fsp3) is 0.455. The van der Waals surface area contributed by atoms with Crippen molar-refractivity contribution in [3.05, 3.63) is 22.2 Å². The zero-order valence-electron chi connectivity index (χ0n) is 10.6. The van der Waals surface area contributed by atoms with Crippen LogP contribution in [0.3, 0.4) is 0 Å². The van der Waals surface area contributed by atoms with Crippen molar-refractivity contribution < 1.29 is 18.3 Å². The second kappa shape index (κ2) is 8.02. The van der Waals surface area contributed by atoms with E-state index in [1.165, 1.54) is 12.1 Å². The average molecular weight is 343 g/mol. The number of ether oxygens (including phenoxy) is 1. The van der Waals surface area contributed by atoms with Crippen LogP contribution in [0.5, 0.6) is 0 Å². The molecule has 0 amide bonds. The largest absolute Gasteiger partial charge is 0.399 e. The molecule has 0 atom stereocenters. The molecule has 9 heteroatoms. The number of sulfonamides is 1. The highest BCUT2D eigenvalue weighted by Gasteiger charge is 2.21. The van der Waals surface area contributed by atoms with Gasteiger partial charge in [-0.05, 0) is 18.6 Å². The van der Waals surface area contributed by atoms with Crippen LogP contribution in [-0.2, 0) is 14.8 Å². The molecule has 0 heterocycles. The fourth-order valence-corrected chi connectivity index (χ4v) is 3.76. The highest BCUT2D eigenvalue weighted by molar-refractivity contribution is 7.89. The molecule has 0 bridgehead atoms. The van der Waals surface area contributed by atoms with Gasteiger partial charge in [0.05, 0.1) is 23.3 Å². The molecule has 114 valence electrons. The van der Waals surface area contributed by atoms with Gasteiger partial charge in [0.15, 0.2) is 0 Å². The number of aliphatic hydroxyl groups is 1. The summed E-state index contributed by atoms with van der Waals surface area (Å²) in [5, 5.41) is 8.45. The van der Waals surface area contributed by atoms with Crippen molar-refractivity contribution in [3.8, 4) is 0 Å². The van der Waals surface area contributed by atoms with Gasteiger partial charge in [-0.3, -0.25) is 0 Å². The van der Waals surface area contributed by atoms with Crippen molar-refractivity contribution in [1.29, 1.82) is 0 Å². The number of aliphatic hydroxyl groups excluding tert-OH is 1. The highest BCUT2D eigenvalue weighted by atomic mass is 35.5. The topological polar surface area (TPSA) is 102 Å². The van der Waals surface area contributed by atoms with E-state index in [4.69, 9.17) is 38.8 Å². The maximum atomic E-state index is 12.1. The van der Waals surface area contributed by atoms with Gasteiger partial charge >= 0.3 is 0 Å². The second-order valence-electron chi connectivity index (χ2n) is 3.90. The number of anilines is 1. The molecule has 20 heavy (non-hydrogen) atoms. The molecule has 4 N–H and O–H groups in total. The Labute approximate surface area is 127 Å². The van der Waals surface area contributed by atoms with Crippen LogP contribution in [0.15, 0.2) is 17.0 Å². The predicted molar refractivity (Wildman–Crippen MR) is 78.6 cm³/mol. The number of hydrogen-bond donors (Lipinski definition) is 3. The van der Waals surface area contributed by atoms with Gasteiger partial charge < -0.3 is 15.6 Å².